The van der Waals surface area contributed by atoms with Crippen molar-refractivity contribution in [1.29, 1.82) is 0 Å². The lowest BCUT2D eigenvalue weighted by Gasteiger charge is -2.16. The zero-order valence-corrected chi connectivity index (χ0v) is 5.27. The molecule has 2 amide bonds. The molecule has 1 aliphatic rings. The maximum absolute atomic E-state index is 10.8. The van der Waals surface area contributed by atoms with Crippen molar-refractivity contribution in [2.75, 3.05) is 27.2 Å². The number of quaternary nitrogens is 1. The quantitative estimate of drug-likeness (QED) is 0.435. The molecule has 8 heavy (non-hydrogen) atoms. The van der Waals surface area contributed by atoms with Crippen LogP contribution in [0.2, 0.25) is 0 Å². The van der Waals surface area contributed by atoms with Crippen LogP contribution in [0.3, 0.4) is 0 Å². The van der Waals surface area contributed by atoms with Crippen LogP contribution in [0.5, 0.6) is 0 Å². The molecule has 0 aromatic heterocycles. The van der Waals surface area contributed by atoms with Gasteiger partial charge in [-0.25, -0.2) is 9.28 Å². The highest BCUT2D eigenvalue weighted by atomic mass is 16.2. The van der Waals surface area contributed by atoms with E-state index in [1.165, 1.54) is 0 Å². The molecule has 1 rings (SSSR count). The van der Waals surface area contributed by atoms with Crippen LogP contribution >= 0.6 is 0 Å². The minimum atomic E-state index is 0.130. The van der Waals surface area contributed by atoms with Gasteiger partial charge >= 0.3 is 6.03 Å². The van der Waals surface area contributed by atoms with Gasteiger partial charge in [-0.15, -0.1) is 0 Å². The van der Waals surface area contributed by atoms with Gasteiger partial charge in [-0.05, 0) is 0 Å². The molecule has 0 atom stereocenters. The Morgan fingerprint density at radius 1 is 1.62 bits per heavy atom. The van der Waals surface area contributed by atoms with Crippen LogP contribution in [-0.2, 0) is 0 Å². The van der Waals surface area contributed by atoms with E-state index >= 15 is 0 Å². The van der Waals surface area contributed by atoms with Crippen molar-refractivity contribution in [2.24, 2.45) is 0 Å². The van der Waals surface area contributed by atoms with E-state index in [0.717, 1.165) is 13.1 Å². The van der Waals surface area contributed by atoms with Crippen molar-refractivity contribution in [3.8, 4) is 0 Å². The number of urea groups is 1. The second-order valence-corrected chi connectivity index (χ2v) is 2.64. The topological polar surface area (TPSA) is 29.1 Å². The number of likely N-dealkylation sites (N-methyl/N-ethyl adjacent to an activating group) is 1. The fraction of sp³-hybridized carbons (Fsp3) is 0.800. The Morgan fingerprint density at radius 2 is 2.25 bits per heavy atom. The number of nitrogens with zero attached hydrogens (tertiary/aromatic N) is 1. The molecule has 0 aromatic rings. The van der Waals surface area contributed by atoms with Gasteiger partial charge in [-0.1, -0.05) is 0 Å². The second-order valence-electron chi connectivity index (χ2n) is 2.64. The van der Waals surface area contributed by atoms with Gasteiger partial charge in [0.25, 0.3) is 0 Å². The summed E-state index contributed by atoms with van der Waals surface area (Å²) < 4.78 is 0.486. The van der Waals surface area contributed by atoms with Crippen molar-refractivity contribution in [3.63, 3.8) is 0 Å². The smallest absolute Gasteiger partial charge is 0.300 e. The average Bonchev–Trinajstić information content (AvgIpc) is 1.86. The first-order chi connectivity index (χ1) is 3.63. The molecule has 0 bridgehead atoms. The minimum Gasteiger partial charge on any atom is -0.300 e. The first kappa shape index (κ1) is 5.56. The molecule has 0 radical (unpaired) electrons. The summed E-state index contributed by atoms with van der Waals surface area (Å²) in [6.07, 6.45) is 0. The highest BCUT2D eigenvalue weighted by molar-refractivity contribution is 5.68. The second kappa shape index (κ2) is 1.45. The van der Waals surface area contributed by atoms with E-state index in [1.807, 2.05) is 14.1 Å². The van der Waals surface area contributed by atoms with Crippen molar-refractivity contribution < 1.29 is 9.28 Å². The summed E-state index contributed by atoms with van der Waals surface area (Å²) in [5.41, 5.74) is 0. The summed E-state index contributed by atoms with van der Waals surface area (Å²) in [7, 11) is 3.81. The third-order valence-corrected chi connectivity index (χ3v) is 1.50. The van der Waals surface area contributed by atoms with Gasteiger partial charge < -0.3 is 0 Å². The average molecular weight is 115 g/mol. The Kier molecular flexibility index (Phi) is 1.01. The predicted molar refractivity (Wildman–Crippen MR) is 30.4 cm³/mol. The SMILES string of the molecule is C[N+]1(C)CCNC1=O. The normalized spacial score (nSPS) is 25.5. The maximum atomic E-state index is 10.8. The third-order valence-electron chi connectivity index (χ3n) is 1.50. The Morgan fingerprint density at radius 3 is 2.38 bits per heavy atom. The van der Waals surface area contributed by atoms with Crippen LogP contribution in [0.15, 0.2) is 0 Å². The molecule has 0 aliphatic carbocycles. The van der Waals surface area contributed by atoms with Gasteiger partial charge in [0.05, 0.1) is 20.6 Å². The summed E-state index contributed by atoms with van der Waals surface area (Å²) >= 11 is 0. The highest BCUT2D eigenvalue weighted by Gasteiger charge is 2.31. The third kappa shape index (κ3) is 0.690. The Balaban J connectivity index is 2.68. The molecule has 0 saturated carbocycles. The lowest BCUT2D eigenvalue weighted by atomic mass is 10.6. The van der Waals surface area contributed by atoms with Crippen LogP contribution in [0.4, 0.5) is 4.79 Å². The van der Waals surface area contributed by atoms with E-state index in [0.29, 0.717) is 4.48 Å². The molecule has 1 aliphatic heterocycles. The van der Waals surface area contributed by atoms with Crippen LogP contribution in [0.25, 0.3) is 0 Å². The Labute approximate surface area is 48.9 Å². The molecule has 1 heterocycles. The summed E-state index contributed by atoms with van der Waals surface area (Å²) in [6.45, 7) is 1.74. The summed E-state index contributed by atoms with van der Waals surface area (Å²) in [6, 6.07) is 0.130. The number of amides is 2. The largest absolute Gasteiger partial charge is 0.416 e. The van der Waals surface area contributed by atoms with Crippen LogP contribution < -0.4 is 5.32 Å². The molecule has 0 unspecified atom stereocenters. The molecule has 46 valence electrons. The molecule has 3 heteroatoms. The molecular formula is C5H11N2O+. The first-order valence-corrected chi connectivity index (χ1v) is 2.74. The van der Waals surface area contributed by atoms with E-state index < -0.39 is 0 Å². The highest BCUT2D eigenvalue weighted by Crippen LogP contribution is 2.01. The van der Waals surface area contributed by atoms with Gasteiger partial charge in [-0.2, -0.15) is 0 Å². The first-order valence-electron chi connectivity index (χ1n) is 2.74. The number of carbonyl (C=O) groups excluding carboxylic acids is 1. The van der Waals surface area contributed by atoms with E-state index in [4.69, 9.17) is 0 Å². The van der Waals surface area contributed by atoms with Crippen molar-refractivity contribution in [2.45, 2.75) is 0 Å². The van der Waals surface area contributed by atoms with Gasteiger partial charge in [-0.3, -0.25) is 5.32 Å². The van der Waals surface area contributed by atoms with Crippen molar-refractivity contribution >= 4 is 6.03 Å². The zero-order chi connectivity index (χ0) is 6.20. The molecular weight excluding hydrogens is 104 g/mol. The number of rotatable bonds is 0. The number of hydrogen-bond donors (Lipinski definition) is 1. The summed E-state index contributed by atoms with van der Waals surface area (Å²) in [5, 5.41) is 2.74. The van der Waals surface area contributed by atoms with E-state index in [1.54, 1.807) is 0 Å². The number of nitrogens with one attached hydrogen (secondary N) is 1. The maximum Gasteiger partial charge on any atom is 0.416 e. The molecule has 0 aromatic carbocycles. The fourth-order valence-corrected chi connectivity index (χ4v) is 0.758. The number of hydrogen-bond acceptors (Lipinski definition) is 1. The van der Waals surface area contributed by atoms with E-state index in [2.05, 4.69) is 5.32 Å². The standard InChI is InChI=1S/C5H10N2O/c1-7(2)4-3-6-5(7)8/h3-4H2,1-2H3/p+1. The van der Waals surface area contributed by atoms with Crippen LogP contribution in [-0.4, -0.2) is 37.7 Å². The fourth-order valence-electron chi connectivity index (χ4n) is 0.758. The van der Waals surface area contributed by atoms with Crippen molar-refractivity contribution in [3.05, 3.63) is 0 Å². The Hall–Kier alpha value is -0.570. The predicted octanol–water partition coefficient (Wildman–Crippen LogP) is -0.214. The minimum absolute atomic E-state index is 0.130. The van der Waals surface area contributed by atoms with Gasteiger partial charge in [0.15, 0.2) is 0 Å². The van der Waals surface area contributed by atoms with Gasteiger partial charge in [0.1, 0.15) is 6.54 Å². The monoisotopic (exact) mass is 115 g/mol. The molecule has 0 spiro atoms. The van der Waals surface area contributed by atoms with Crippen LogP contribution in [0.1, 0.15) is 0 Å². The summed E-state index contributed by atoms with van der Waals surface area (Å²) in [5.74, 6) is 0. The van der Waals surface area contributed by atoms with Crippen LogP contribution in [0, 0.1) is 0 Å². The molecule has 1 saturated heterocycles. The van der Waals surface area contributed by atoms with Gasteiger partial charge in [0.2, 0.25) is 0 Å². The molecule has 1 fully saturated rings. The molecule has 1 N–H and O–H groups in total. The lowest BCUT2D eigenvalue weighted by Crippen LogP contribution is -2.42. The van der Waals surface area contributed by atoms with Crippen molar-refractivity contribution in [1.82, 2.24) is 5.32 Å². The molecule has 3 nitrogen and oxygen atoms in total. The Bertz CT molecular complexity index is 120. The summed E-state index contributed by atoms with van der Waals surface area (Å²) in [4.78, 5) is 10.8. The van der Waals surface area contributed by atoms with E-state index in [-0.39, 0.29) is 6.03 Å². The lowest BCUT2D eigenvalue weighted by molar-refractivity contribution is -0.798. The van der Waals surface area contributed by atoms with Gasteiger partial charge in [0, 0.05) is 0 Å². The number of carbonyl (C=O) groups is 1. The van der Waals surface area contributed by atoms with E-state index in [9.17, 15) is 4.79 Å². The zero-order valence-electron chi connectivity index (χ0n) is 5.27.